The number of hydrogen-bond donors (Lipinski definition) is 3. The Balaban J connectivity index is 1.27. The maximum atomic E-state index is 12.9. The van der Waals surface area contributed by atoms with Crippen molar-refractivity contribution in [2.45, 2.75) is 64.0 Å². The molecule has 0 aliphatic heterocycles. The molecule has 1 aromatic carbocycles. The van der Waals surface area contributed by atoms with E-state index >= 15 is 0 Å². The van der Waals surface area contributed by atoms with Gasteiger partial charge in [0.15, 0.2) is 0 Å². The predicted molar refractivity (Wildman–Crippen MR) is 156 cm³/mol. The second kappa shape index (κ2) is 11.5. The molecule has 3 aromatic heterocycles. The number of nitrogens with zero attached hydrogens (tertiary/aromatic N) is 5. The number of aryl methyl sites for hydroxylation is 1. The van der Waals surface area contributed by atoms with Gasteiger partial charge in [0.25, 0.3) is 0 Å². The number of nitrogens with one attached hydrogen (secondary N) is 2. The van der Waals surface area contributed by atoms with Crippen LogP contribution in [0.2, 0.25) is 0 Å². The molecule has 214 valence electrons. The van der Waals surface area contributed by atoms with Gasteiger partial charge in [0.05, 0.1) is 18.4 Å². The van der Waals surface area contributed by atoms with Crippen molar-refractivity contribution in [3.05, 3.63) is 64.1 Å². The number of hydrogen-bond acceptors (Lipinski definition) is 8. The zero-order valence-electron chi connectivity index (χ0n) is 22.8. The minimum absolute atomic E-state index is 0.200. The zero-order valence-corrected chi connectivity index (χ0v) is 23.6. The third-order valence-electron chi connectivity index (χ3n) is 7.92. The summed E-state index contributed by atoms with van der Waals surface area (Å²) in [6.07, 6.45) is 1.58. The number of nitriles is 1. The molecular formula is C29H31F3N8S. The molecule has 3 heterocycles. The Bertz CT molecular complexity index is 1660. The molecule has 2 atom stereocenters. The van der Waals surface area contributed by atoms with Crippen molar-refractivity contribution in [2.75, 3.05) is 11.9 Å². The van der Waals surface area contributed by atoms with Gasteiger partial charge in [-0.25, -0.2) is 9.97 Å². The Morgan fingerprint density at radius 3 is 2.80 bits per heavy atom. The molecule has 0 bridgehead atoms. The van der Waals surface area contributed by atoms with Gasteiger partial charge in [-0.3, -0.25) is 0 Å². The number of nitrogens with two attached hydrogens (primary N) is 1. The second-order valence-electron chi connectivity index (χ2n) is 10.5. The Labute approximate surface area is 239 Å². The molecule has 4 N–H and O–H groups in total. The van der Waals surface area contributed by atoms with Crippen LogP contribution in [0.3, 0.4) is 0 Å². The number of aromatic nitrogens is 3. The minimum Gasteiger partial charge on any atom is -0.404 e. The number of allylic oxidation sites excluding steroid dienone is 1. The lowest BCUT2D eigenvalue weighted by Gasteiger charge is -2.26. The summed E-state index contributed by atoms with van der Waals surface area (Å²) >= 11 is 1.07. The van der Waals surface area contributed by atoms with E-state index in [1.165, 1.54) is 18.7 Å². The third-order valence-corrected chi connectivity index (χ3v) is 8.97. The molecule has 12 heteroatoms. The van der Waals surface area contributed by atoms with Crippen LogP contribution < -0.4 is 16.0 Å². The van der Waals surface area contributed by atoms with Crippen LogP contribution in [0.4, 0.5) is 19.0 Å². The molecule has 8 nitrogen and oxygen atoms in total. The van der Waals surface area contributed by atoms with Gasteiger partial charge in [-0.2, -0.15) is 18.4 Å². The number of anilines is 1. The van der Waals surface area contributed by atoms with Crippen LogP contribution in [0.15, 0.2) is 42.4 Å². The molecule has 1 aliphatic carbocycles. The fraction of sp³-hybridized carbons (Fsp3) is 0.379. The fourth-order valence-corrected chi connectivity index (χ4v) is 6.71. The van der Waals surface area contributed by atoms with Crippen LogP contribution >= 0.6 is 11.3 Å². The minimum atomic E-state index is -4.26. The summed E-state index contributed by atoms with van der Waals surface area (Å²) in [6.45, 7) is 3.09. The first kappa shape index (κ1) is 28.6. The number of benzene rings is 1. The Morgan fingerprint density at radius 2 is 2.10 bits per heavy atom. The van der Waals surface area contributed by atoms with Gasteiger partial charge in [0.1, 0.15) is 28.7 Å². The lowest BCUT2D eigenvalue weighted by molar-refractivity contribution is -0.126. The molecule has 5 rings (SSSR count). The fourth-order valence-electron chi connectivity index (χ4n) is 5.69. The molecule has 0 unspecified atom stereocenters. The molecule has 1 aliphatic rings. The van der Waals surface area contributed by atoms with E-state index in [1.54, 1.807) is 6.07 Å². The molecular weight excluding hydrogens is 549 g/mol. The molecule has 41 heavy (non-hydrogen) atoms. The van der Waals surface area contributed by atoms with Gasteiger partial charge >= 0.3 is 6.18 Å². The normalized spacial score (nSPS) is 17.8. The van der Waals surface area contributed by atoms with Crippen molar-refractivity contribution in [3.63, 3.8) is 0 Å². The summed E-state index contributed by atoms with van der Waals surface area (Å²) in [5.74, 6) is 0.667. The van der Waals surface area contributed by atoms with Gasteiger partial charge in [-0.1, -0.05) is 6.07 Å². The molecule has 4 aromatic rings. The van der Waals surface area contributed by atoms with Crippen molar-refractivity contribution >= 4 is 44.5 Å². The Hall–Kier alpha value is -3.95. The highest BCUT2D eigenvalue weighted by Crippen LogP contribution is 2.36. The van der Waals surface area contributed by atoms with Crippen molar-refractivity contribution in [2.24, 2.45) is 5.73 Å². The molecule has 0 amide bonds. The number of halogens is 3. The second-order valence-corrected chi connectivity index (χ2v) is 11.6. The highest BCUT2D eigenvalue weighted by molar-refractivity contribution is 7.18. The largest absolute Gasteiger partial charge is 0.404 e. The van der Waals surface area contributed by atoms with Crippen molar-refractivity contribution in [1.29, 1.82) is 10.7 Å². The van der Waals surface area contributed by atoms with Crippen LogP contribution in [-0.4, -0.2) is 46.1 Å². The van der Waals surface area contributed by atoms with Crippen LogP contribution in [0, 0.1) is 23.7 Å². The number of thiophene rings is 1. The molecule has 0 saturated heterocycles. The van der Waals surface area contributed by atoms with E-state index in [2.05, 4.69) is 39.2 Å². The van der Waals surface area contributed by atoms with E-state index in [0.717, 1.165) is 52.6 Å². The molecule has 0 spiro atoms. The maximum Gasteiger partial charge on any atom is 0.393 e. The number of fused-ring (bicyclic) bond motifs is 2. The van der Waals surface area contributed by atoms with Gasteiger partial charge in [-0.15, -0.1) is 11.3 Å². The highest BCUT2D eigenvalue weighted by Gasteiger charge is 2.31. The van der Waals surface area contributed by atoms with Gasteiger partial charge in [-0.05, 0) is 55.5 Å². The predicted octanol–water partition coefficient (Wildman–Crippen LogP) is 5.57. The van der Waals surface area contributed by atoms with Crippen LogP contribution in [0.25, 0.3) is 21.1 Å². The summed E-state index contributed by atoms with van der Waals surface area (Å²) < 4.78 is 40.7. The van der Waals surface area contributed by atoms with Gasteiger partial charge in [0, 0.05) is 59.4 Å². The van der Waals surface area contributed by atoms with Crippen molar-refractivity contribution < 1.29 is 13.2 Å². The van der Waals surface area contributed by atoms with Crippen LogP contribution in [-0.2, 0) is 19.5 Å². The van der Waals surface area contributed by atoms with E-state index in [4.69, 9.17) is 11.1 Å². The van der Waals surface area contributed by atoms with E-state index in [9.17, 15) is 18.4 Å². The number of alkyl halides is 3. The SMILES string of the molecule is Cc1c(CN[C@H]2CC[C@@H](N(C)c3ncnc4sc(CC(F)(F)F)cc34)C2)ccc2c1cc(C#N)n2C/C(C=N)=C/N. The van der Waals surface area contributed by atoms with Crippen molar-refractivity contribution in [3.8, 4) is 6.07 Å². The van der Waals surface area contributed by atoms with E-state index < -0.39 is 12.6 Å². The summed E-state index contributed by atoms with van der Waals surface area (Å²) in [4.78, 5) is 11.5. The van der Waals surface area contributed by atoms with Crippen LogP contribution in [0.5, 0.6) is 0 Å². The summed E-state index contributed by atoms with van der Waals surface area (Å²) in [5.41, 5.74) is 9.94. The first-order valence-electron chi connectivity index (χ1n) is 13.3. The lowest BCUT2D eigenvalue weighted by Crippen LogP contribution is -2.33. The Kier molecular flexibility index (Phi) is 8.02. The first-order valence-corrected chi connectivity index (χ1v) is 14.1. The molecule has 0 radical (unpaired) electrons. The first-order chi connectivity index (χ1) is 19.6. The highest BCUT2D eigenvalue weighted by atomic mass is 32.1. The quantitative estimate of drug-likeness (QED) is 0.223. The van der Waals surface area contributed by atoms with Crippen molar-refractivity contribution in [1.82, 2.24) is 19.9 Å². The average Bonchev–Trinajstić information content (AvgIpc) is 3.66. The lowest BCUT2D eigenvalue weighted by atomic mass is 10.0. The average molecular weight is 581 g/mol. The molecule has 1 fully saturated rings. The smallest absolute Gasteiger partial charge is 0.393 e. The van der Waals surface area contributed by atoms with E-state index in [-0.39, 0.29) is 17.0 Å². The van der Waals surface area contributed by atoms with Gasteiger partial charge in [0.2, 0.25) is 0 Å². The van der Waals surface area contributed by atoms with E-state index in [0.29, 0.717) is 40.4 Å². The van der Waals surface area contributed by atoms with Crippen LogP contribution in [0.1, 0.15) is 41.0 Å². The van der Waals surface area contributed by atoms with E-state index in [1.807, 2.05) is 23.7 Å². The standard InChI is InChI=1S/C29H31F3N8S/c1-17-19(3-6-26-24(17)8-22(13-35)40(26)15-18(11-33)12-34)14-36-20-4-5-21(7-20)39(2)27-25-9-23(10-29(30,31)32)41-28(25)38-16-37-27/h3,6,8-9,11-12,16,20-21,33,36H,4-5,7,10,14-15,34H2,1-2H3/b18-12+,33-11?/t20-,21+/m0/s1. The maximum absolute atomic E-state index is 12.9. The third kappa shape index (κ3) is 5.92. The summed E-state index contributed by atoms with van der Waals surface area (Å²) in [7, 11) is 1.95. The summed E-state index contributed by atoms with van der Waals surface area (Å²) in [5, 5.41) is 22.6. The van der Waals surface area contributed by atoms with Gasteiger partial charge < -0.3 is 25.9 Å². The number of rotatable bonds is 9. The zero-order chi connectivity index (χ0) is 29.3. The Morgan fingerprint density at radius 1 is 1.29 bits per heavy atom. The molecule has 1 saturated carbocycles. The topological polar surface area (TPSA) is 120 Å². The summed E-state index contributed by atoms with van der Waals surface area (Å²) in [6, 6.07) is 10.3. The monoisotopic (exact) mass is 580 g/mol.